The number of nitrogens with zero attached hydrogens (tertiary/aromatic N) is 2. The average Bonchev–Trinajstić information content (AvgIpc) is 2.75. The minimum absolute atomic E-state index is 0.0711. The van der Waals surface area contributed by atoms with E-state index >= 15 is 0 Å². The van der Waals surface area contributed by atoms with Crippen LogP contribution in [0.2, 0.25) is 0 Å². The van der Waals surface area contributed by atoms with Crippen molar-refractivity contribution in [1.82, 2.24) is 5.32 Å². The lowest BCUT2D eigenvalue weighted by molar-refractivity contribution is 0.105. The third kappa shape index (κ3) is 6.64. The molecule has 2 aliphatic rings. The molecule has 2 aliphatic carbocycles. The zero-order valence-corrected chi connectivity index (χ0v) is 20.4. The molecule has 1 N–H and O–H groups in total. The topological polar surface area (TPSA) is 74.6 Å². The minimum Gasteiger partial charge on any atom is -0.497 e. The Bertz CT molecular complexity index is 991. The van der Waals surface area contributed by atoms with E-state index in [1.807, 2.05) is 63.3 Å². The van der Waals surface area contributed by atoms with E-state index in [0.717, 1.165) is 22.6 Å². The monoisotopic (exact) mass is 449 g/mol. The normalized spacial score (nSPS) is 18.6. The van der Waals surface area contributed by atoms with Crippen LogP contribution in [-0.4, -0.2) is 38.9 Å². The van der Waals surface area contributed by atoms with Crippen LogP contribution in [-0.2, 0) is 4.74 Å². The van der Waals surface area contributed by atoms with Crippen LogP contribution in [0.1, 0.15) is 52.0 Å². The van der Waals surface area contributed by atoms with E-state index in [0.29, 0.717) is 24.6 Å². The van der Waals surface area contributed by atoms with Gasteiger partial charge in [0.2, 0.25) is 0 Å². The van der Waals surface area contributed by atoms with Crippen LogP contribution >= 0.6 is 0 Å². The first-order chi connectivity index (χ1) is 15.7. The number of rotatable bonds is 7. The van der Waals surface area contributed by atoms with Gasteiger partial charge in [-0.1, -0.05) is 39.0 Å². The van der Waals surface area contributed by atoms with Gasteiger partial charge >= 0.3 is 6.09 Å². The van der Waals surface area contributed by atoms with E-state index in [-0.39, 0.29) is 11.5 Å². The molecule has 0 spiro atoms. The number of carbonyl (C=O) groups excluding carboxylic acids is 1. The average molecular weight is 450 g/mol. The van der Waals surface area contributed by atoms with Gasteiger partial charge in [0, 0.05) is 30.4 Å². The van der Waals surface area contributed by atoms with Gasteiger partial charge in [-0.25, -0.2) is 4.79 Å². The van der Waals surface area contributed by atoms with E-state index in [2.05, 4.69) is 23.3 Å². The van der Waals surface area contributed by atoms with Gasteiger partial charge in [0.1, 0.15) is 5.75 Å². The number of amides is 1. The number of ether oxygens (including phenoxy) is 2. The van der Waals surface area contributed by atoms with Gasteiger partial charge in [-0.15, -0.1) is 0 Å². The Balaban J connectivity index is 1.72. The molecule has 0 aromatic heterocycles. The second-order valence-electron chi connectivity index (χ2n) is 9.94. The number of methoxy groups -OCH3 is 1. The standard InChI is InChI=1S/C27H35N3O3/c1-27(2,3)18-33-26(31)29-21-11-9-19(10-12-21)15-20(17-28)24-14-13-23(32-5)16-25(24)30(4)22-7-6-8-22/h9-11,13-16,21-22H,6-8,12,18H2,1-5H3,(H,29,31)/b20-15+. The molecule has 1 unspecified atom stereocenters. The number of carbonyl (C=O) groups is 1. The zero-order chi connectivity index (χ0) is 24.0. The van der Waals surface area contributed by atoms with E-state index < -0.39 is 6.09 Å². The Hall–Kier alpha value is -3.20. The van der Waals surface area contributed by atoms with Crippen molar-refractivity contribution in [2.45, 2.75) is 58.5 Å². The quantitative estimate of drug-likeness (QED) is 0.547. The second kappa shape index (κ2) is 10.6. The van der Waals surface area contributed by atoms with Gasteiger partial charge in [0.05, 0.1) is 31.4 Å². The summed E-state index contributed by atoms with van der Waals surface area (Å²) in [6.07, 6.45) is 11.6. The van der Waals surface area contributed by atoms with Crippen LogP contribution in [0.5, 0.6) is 5.75 Å². The van der Waals surface area contributed by atoms with Crippen LogP contribution in [0.25, 0.3) is 5.57 Å². The highest BCUT2D eigenvalue weighted by Crippen LogP contribution is 2.36. The van der Waals surface area contributed by atoms with E-state index in [1.54, 1.807) is 7.11 Å². The summed E-state index contributed by atoms with van der Waals surface area (Å²) in [6, 6.07) is 8.61. The molecule has 3 rings (SSSR count). The second-order valence-corrected chi connectivity index (χ2v) is 9.94. The molecule has 0 heterocycles. The van der Waals surface area contributed by atoms with Crippen LogP contribution in [0.15, 0.2) is 48.1 Å². The number of nitriles is 1. The fourth-order valence-corrected chi connectivity index (χ4v) is 3.79. The smallest absolute Gasteiger partial charge is 0.407 e. The van der Waals surface area contributed by atoms with Crippen LogP contribution in [0.3, 0.4) is 0 Å². The lowest BCUT2D eigenvalue weighted by Crippen LogP contribution is -2.37. The number of allylic oxidation sites excluding steroid dienone is 4. The van der Waals surface area contributed by atoms with Crippen molar-refractivity contribution >= 4 is 17.4 Å². The summed E-state index contributed by atoms with van der Waals surface area (Å²) >= 11 is 0. The fraction of sp³-hybridized carbons (Fsp3) is 0.481. The molecule has 0 aliphatic heterocycles. The molecule has 1 aromatic rings. The van der Waals surface area contributed by atoms with E-state index in [1.165, 1.54) is 19.3 Å². The molecule has 1 aromatic carbocycles. The molecule has 1 atom stereocenters. The van der Waals surface area contributed by atoms with Crippen molar-refractivity contribution in [3.05, 3.63) is 53.6 Å². The van der Waals surface area contributed by atoms with Crippen LogP contribution in [0.4, 0.5) is 10.5 Å². The molecule has 0 radical (unpaired) electrons. The summed E-state index contributed by atoms with van der Waals surface area (Å²) in [6.45, 7) is 6.43. The predicted octanol–water partition coefficient (Wildman–Crippen LogP) is 5.62. The van der Waals surface area contributed by atoms with Gasteiger partial charge in [0.15, 0.2) is 0 Å². The maximum absolute atomic E-state index is 12.0. The third-order valence-electron chi connectivity index (χ3n) is 6.00. The van der Waals surface area contributed by atoms with Gasteiger partial charge in [-0.3, -0.25) is 0 Å². The molecule has 0 saturated heterocycles. The maximum atomic E-state index is 12.0. The Morgan fingerprint density at radius 2 is 2.09 bits per heavy atom. The highest BCUT2D eigenvalue weighted by molar-refractivity contribution is 5.87. The zero-order valence-electron chi connectivity index (χ0n) is 20.4. The minimum atomic E-state index is -0.411. The molecule has 6 heteroatoms. The molecule has 1 saturated carbocycles. The molecule has 1 amide bonds. The Labute approximate surface area is 197 Å². The number of nitrogens with one attached hydrogen (secondary N) is 1. The molecule has 176 valence electrons. The number of anilines is 1. The lowest BCUT2D eigenvalue weighted by atomic mass is 9.90. The first-order valence-corrected chi connectivity index (χ1v) is 11.5. The summed E-state index contributed by atoms with van der Waals surface area (Å²) in [5.74, 6) is 0.779. The molecule has 0 bridgehead atoms. The number of benzene rings is 1. The summed E-state index contributed by atoms with van der Waals surface area (Å²) in [4.78, 5) is 14.3. The fourth-order valence-electron chi connectivity index (χ4n) is 3.79. The first-order valence-electron chi connectivity index (χ1n) is 11.5. The van der Waals surface area contributed by atoms with Crippen molar-refractivity contribution in [3.8, 4) is 11.8 Å². The van der Waals surface area contributed by atoms with Crippen molar-refractivity contribution in [3.63, 3.8) is 0 Å². The van der Waals surface area contributed by atoms with Crippen LogP contribution < -0.4 is 15.0 Å². The van der Waals surface area contributed by atoms with Gasteiger partial charge < -0.3 is 19.7 Å². The van der Waals surface area contributed by atoms with Gasteiger partial charge in [-0.2, -0.15) is 5.26 Å². The van der Waals surface area contributed by atoms with E-state index in [9.17, 15) is 10.1 Å². The largest absolute Gasteiger partial charge is 0.497 e. The molecular formula is C27H35N3O3. The maximum Gasteiger partial charge on any atom is 0.407 e. The molecular weight excluding hydrogens is 414 g/mol. The Kier molecular flexibility index (Phi) is 7.86. The highest BCUT2D eigenvalue weighted by Gasteiger charge is 2.25. The molecule has 33 heavy (non-hydrogen) atoms. The van der Waals surface area contributed by atoms with Crippen molar-refractivity contribution < 1.29 is 14.3 Å². The van der Waals surface area contributed by atoms with Crippen molar-refractivity contribution in [1.29, 1.82) is 5.26 Å². The SMILES string of the molecule is COc1ccc(/C(C#N)=C/C2=CCC(NC(=O)OCC(C)(C)C)C=C2)c(N(C)C2CCC2)c1. The van der Waals surface area contributed by atoms with Gasteiger partial charge in [0.25, 0.3) is 0 Å². The summed E-state index contributed by atoms with van der Waals surface area (Å²) in [5.41, 5.74) is 3.38. The summed E-state index contributed by atoms with van der Waals surface area (Å²) in [7, 11) is 3.75. The number of hydrogen-bond donors (Lipinski definition) is 1. The first kappa shape index (κ1) is 24.4. The third-order valence-corrected chi connectivity index (χ3v) is 6.00. The van der Waals surface area contributed by atoms with Gasteiger partial charge in [-0.05, 0) is 54.9 Å². The highest BCUT2D eigenvalue weighted by atomic mass is 16.5. The lowest BCUT2D eigenvalue weighted by Gasteiger charge is -2.37. The Morgan fingerprint density at radius 3 is 2.64 bits per heavy atom. The number of hydrogen-bond acceptors (Lipinski definition) is 5. The summed E-state index contributed by atoms with van der Waals surface area (Å²) < 4.78 is 10.7. The van der Waals surface area contributed by atoms with Crippen molar-refractivity contribution in [2.24, 2.45) is 5.41 Å². The molecule has 1 fully saturated rings. The van der Waals surface area contributed by atoms with Crippen LogP contribution in [0, 0.1) is 16.7 Å². The predicted molar refractivity (Wildman–Crippen MR) is 132 cm³/mol. The van der Waals surface area contributed by atoms with E-state index in [4.69, 9.17) is 9.47 Å². The Morgan fingerprint density at radius 1 is 1.33 bits per heavy atom. The molecule has 6 nitrogen and oxygen atoms in total. The number of alkyl carbamates (subject to hydrolysis) is 1. The van der Waals surface area contributed by atoms with Crippen molar-refractivity contribution in [2.75, 3.05) is 25.7 Å². The summed E-state index contributed by atoms with van der Waals surface area (Å²) in [5, 5.41) is 12.8.